The summed E-state index contributed by atoms with van der Waals surface area (Å²) < 4.78 is 29.1. The maximum atomic E-state index is 13.9. The quantitative estimate of drug-likeness (QED) is 0.261. The number of benzene rings is 5. The number of rotatable bonds is 4. The lowest BCUT2D eigenvalue weighted by Crippen LogP contribution is -2.13. The summed E-state index contributed by atoms with van der Waals surface area (Å²) in [6.07, 6.45) is 1.54. The third-order valence-corrected chi connectivity index (χ3v) is 8.67. The molecule has 0 aliphatic heterocycles. The second-order valence-electron chi connectivity index (χ2n) is 9.35. The highest BCUT2D eigenvalue weighted by Gasteiger charge is 2.25. The third-order valence-electron chi connectivity index (χ3n) is 7.01. The topological polar surface area (TPSA) is 84.8 Å². The molecule has 7 rings (SSSR count). The normalized spacial score (nSPS) is 11.9. The number of fused-ring (bicyclic) bond motifs is 4. The monoisotopic (exact) mass is 527 g/mol. The van der Waals surface area contributed by atoms with Crippen molar-refractivity contribution in [3.05, 3.63) is 132 Å². The molecule has 0 fully saturated rings. The zero-order chi connectivity index (χ0) is 26.6. The van der Waals surface area contributed by atoms with Gasteiger partial charge in [-0.2, -0.15) is 0 Å². The second kappa shape index (κ2) is 8.79. The van der Waals surface area contributed by atoms with Crippen molar-refractivity contribution in [3.63, 3.8) is 0 Å². The summed E-state index contributed by atoms with van der Waals surface area (Å²) in [4.78, 5) is 21.2. The van der Waals surface area contributed by atoms with Gasteiger partial charge in [0, 0.05) is 5.56 Å². The standard InChI is InChI=1S/C32H21N3O3S/c36-29-15-7-10-22-16-17-23-18-19-27(33-31(23)30(22)29)28-20-35(39(37,38)24-11-2-1-3-12-24)32(34-28)26-14-6-9-21-8-4-5-13-25(21)26/h1-20,33H. The summed E-state index contributed by atoms with van der Waals surface area (Å²) in [7, 11) is -3.97. The number of aromatic amines is 1. The van der Waals surface area contributed by atoms with Crippen LogP contribution in [0.4, 0.5) is 0 Å². The first kappa shape index (κ1) is 23.1. The van der Waals surface area contributed by atoms with E-state index in [0.717, 1.165) is 21.5 Å². The summed E-state index contributed by atoms with van der Waals surface area (Å²) in [6.45, 7) is 0. The molecule has 188 valence electrons. The lowest BCUT2D eigenvalue weighted by atomic mass is 10.0. The van der Waals surface area contributed by atoms with Gasteiger partial charge in [-0.05, 0) is 45.8 Å². The number of nitrogens with zero attached hydrogens (tertiary/aromatic N) is 2. The average Bonchev–Trinajstić information content (AvgIpc) is 3.43. The SMILES string of the molecule is O=c1cccc2ccc3ccc(-c4cn(S(=O)(=O)c5ccccc5)c(-c5cccc6ccccc56)n4)[nH]c3c12. The van der Waals surface area contributed by atoms with Crippen LogP contribution in [0.2, 0.25) is 0 Å². The van der Waals surface area contributed by atoms with Gasteiger partial charge in [0.05, 0.1) is 27.7 Å². The van der Waals surface area contributed by atoms with Gasteiger partial charge < -0.3 is 4.98 Å². The van der Waals surface area contributed by atoms with Crippen LogP contribution in [-0.2, 0) is 10.0 Å². The predicted molar refractivity (Wildman–Crippen MR) is 155 cm³/mol. The molecule has 0 unspecified atom stereocenters. The summed E-state index contributed by atoms with van der Waals surface area (Å²) >= 11 is 0. The summed E-state index contributed by atoms with van der Waals surface area (Å²) in [5.41, 5.74) is 2.34. The average molecular weight is 528 g/mol. The fourth-order valence-corrected chi connectivity index (χ4v) is 6.45. The van der Waals surface area contributed by atoms with E-state index >= 15 is 0 Å². The minimum Gasteiger partial charge on any atom is -0.353 e. The Labute approximate surface area is 223 Å². The molecule has 0 aliphatic rings. The lowest BCUT2D eigenvalue weighted by Gasteiger charge is -2.11. The Hall–Kier alpha value is -5.01. The number of H-pyrrole nitrogens is 1. The summed E-state index contributed by atoms with van der Waals surface area (Å²) in [5.74, 6) is 0.307. The zero-order valence-electron chi connectivity index (χ0n) is 20.6. The summed E-state index contributed by atoms with van der Waals surface area (Å²) in [6, 6.07) is 34.8. The van der Waals surface area contributed by atoms with E-state index in [9.17, 15) is 13.2 Å². The number of imidazole rings is 1. The minimum absolute atomic E-state index is 0.0832. The Bertz CT molecular complexity index is 2210. The molecule has 0 saturated carbocycles. The van der Waals surface area contributed by atoms with Crippen molar-refractivity contribution in [3.8, 4) is 22.8 Å². The van der Waals surface area contributed by atoms with Crippen molar-refractivity contribution in [2.75, 3.05) is 0 Å². The Balaban J connectivity index is 1.51. The molecule has 0 spiro atoms. The molecule has 0 radical (unpaired) electrons. The number of nitrogens with one attached hydrogen (secondary N) is 1. The van der Waals surface area contributed by atoms with Crippen molar-refractivity contribution >= 4 is 42.5 Å². The van der Waals surface area contributed by atoms with Gasteiger partial charge in [0.15, 0.2) is 11.3 Å². The van der Waals surface area contributed by atoms with Crippen LogP contribution < -0.4 is 5.43 Å². The molecule has 6 nitrogen and oxygen atoms in total. The van der Waals surface area contributed by atoms with Crippen LogP contribution in [0.5, 0.6) is 0 Å². The van der Waals surface area contributed by atoms with Crippen molar-refractivity contribution in [1.82, 2.24) is 13.9 Å². The van der Waals surface area contributed by atoms with E-state index in [1.54, 1.807) is 48.7 Å². The van der Waals surface area contributed by atoms with Gasteiger partial charge in [-0.3, -0.25) is 4.79 Å². The number of hydrogen-bond donors (Lipinski definition) is 1. The van der Waals surface area contributed by atoms with Gasteiger partial charge in [0.2, 0.25) is 0 Å². The molecular weight excluding hydrogens is 506 g/mol. The molecule has 0 saturated heterocycles. The van der Waals surface area contributed by atoms with Crippen LogP contribution in [0.1, 0.15) is 0 Å². The maximum absolute atomic E-state index is 13.9. The fourth-order valence-electron chi connectivity index (χ4n) is 5.12. The highest BCUT2D eigenvalue weighted by molar-refractivity contribution is 7.90. The van der Waals surface area contributed by atoms with Crippen LogP contribution in [-0.4, -0.2) is 22.4 Å². The van der Waals surface area contributed by atoms with Gasteiger partial charge in [-0.1, -0.05) is 91.0 Å². The molecule has 7 heteroatoms. The van der Waals surface area contributed by atoms with Crippen molar-refractivity contribution in [1.29, 1.82) is 0 Å². The highest BCUT2D eigenvalue weighted by Crippen LogP contribution is 2.33. The molecule has 5 aromatic carbocycles. The predicted octanol–water partition coefficient (Wildman–Crippen LogP) is 6.60. The van der Waals surface area contributed by atoms with E-state index in [1.165, 1.54) is 3.97 Å². The Kier molecular flexibility index (Phi) is 5.21. The van der Waals surface area contributed by atoms with Gasteiger partial charge in [-0.15, -0.1) is 0 Å². The van der Waals surface area contributed by atoms with Crippen LogP contribution >= 0.6 is 0 Å². The van der Waals surface area contributed by atoms with Crippen LogP contribution in [0.25, 0.3) is 55.2 Å². The third kappa shape index (κ3) is 3.74. The highest BCUT2D eigenvalue weighted by atomic mass is 32.2. The first-order valence-electron chi connectivity index (χ1n) is 12.4. The molecule has 39 heavy (non-hydrogen) atoms. The molecule has 0 amide bonds. The molecule has 1 N–H and O–H groups in total. The Morgan fingerprint density at radius 3 is 2.23 bits per heavy atom. The van der Waals surface area contributed by atoms with Crippen molar-refractivity contribution in [2.24, 2.45) is 0 Å². The van der Waals surface area contributed by atoms with Crippen LogP contribution in [0.3, 0.4) is 0 Å². The lowest BCUT2D eigenvalue weighted by molar-refractivity contribution is 0.588. The minimum atomic E-state index is -3.97. The molecule has 7 aromatic rings. The molecule has 0 aliphatic carbocycles. The first-order chi connectivity index (χ1) is 19.0. The van der Waals surface area contributed by atoms with Gasteiger partial charge in [0.1, 0.15) is 5.69 Å². The Morgan fingerprint density at radius 2 is 1.36 bits per heavy atom. The van der Waals surface area contributed by atoms with Crippen molar-refractivity contribution < 1.29 is 8.42 Å². The van der Waals surface area contributed by atoms with Gasteiger partial charge in [0.25, 0.3) is 10.0 Å². The van der Waals surface area contributed by atoms with E-state index in [1.807, 2.05) is 72.8 Å². The van der Waals surface area contributed by atoms with Crippen molar-refractivity contribution in [2.45, 2.75) is 4.90 Å². The van der Waals surface area contributed by atoms with E-state index in [-0.39, 0.29) is 10.3 Å². The van der Waals surface area contributed by atoms with Crippen LogP contribution in [0.15, 0.2) is 131 Å². The van der Waals surface area contributed by atoms with Gasteiger partial charge in [-0.25, -0.2) is 17.4 Å². The maximum Gasteiger partial charge on any atom is 0.269 e. The Morgan fingerprint density at radius 1 is 0.667 bits per heavy atom. The molecule has 2 heterocycles. The molecule has 0 bridgehead atoms. The molecular formula is C32H21N3O3S. The number of pyridine rings is 1. The fraction of sp³-hybridized carbons (Fsp3) is 0. The van der Waals surface area contributed by atoms with Crippen LogP contribution in [0, 0.1) is 0 Å². The smallest absolute Gasteiger partial charge is 0.269 e. The number of aromatic nitrogens is 3. The zero-order valence-corrected chi connectivity index (χ0v) is 21.4. The van der Waals surface area contributed by atoms with E-state index in [0.29, 0.717) is 33.7 Å². The molecule has 2 aromatic heterocycles. The largest absolute Gasteiger partial charge is 0.353 e. The molecule has 0 atom stereocenters. The summed E-state index contributed by atoms with van der Waals surface area (Å²) in [5, 5.41) is 4.17. The van der Waals surface area contributed by atoms with E-state index in [2.05, 4.69) is 4.98 Å². The van der Waals surface area contributed by atoms with E-state index < -0.39 is 10.0 Å². The first-order valence-corrected chi connectivity index (χ1v) is 13.9. The second-order valence-corrected chi connectivity index (χ2v) is 11.2. The van der Waals surface area contributed by atoms with Gasteiger partial charge >= 0.3 is 0 Å². The van der Waals surface area contributed by atoms with E-state index in [4.69, 9.17) is 4.98 Å². The number of hydrogen-bond acceptors (Lipinski definition) is 4.